The number of nitrogens with one attached hydrogen (secondary N) is 2. The predicted molar refractivity (Wildman–Crippen MR) is 124 cm³/mol. The lowest BCUT2D eigenvalue weighted by molar-refractivity contribution is 0.628. The summed E-state index contributed by atoms with van der Waals surface area (Å²) in [5, 5.41) is 11.9. The van der Waals surface area contributed by atoms with Crippen LogP contribution in [0.5, 0.6) is 0 Å². The van der Waals surface area contributed by atoms with E-state index in [9.17, 15) is 4.39 Å². The van der Waals surface area contributed by atoms with E-state index < -0.39 is 0 Å². The smallest absolute Gasteiger partial charge is 0.223 e. The highest BCUT2D eigenvalue weighted by Gasteiger charge is 2.23. The molecule has 0 spiro atoms. The summed E-state index contributed by atoms with van der Waals surface area (Å²) in [7, 11) is 0. The number of pyridine rings is 1. The first-order valence-corrected chi connectivity index (χ1v) is 11.4. The molecule has 3 heterocycles. The topological polar surface area (TPSA) is 67.1 Å². The summed E-state index contributed by atoms with van der Waals surface area (Å²) in [5.74, 6) is 1.33. The molecule has 2 aliphatic rings. The molecule has 3 aromatic heterocycles. The number of halogens is 1. The molecule has 2 fully saturated rings. The highest BCUT2D eigenvalue weighted by Crippen LogP contribution is 2.32. The van der Waals surface area contributed by atoms with Crippen molar-refractivity contribution in [2.75, 3.05) is 10.6 Å². The molecule has 0 amide bonds. The van der Waals surface area contributed by atoms with E-state index in [1.807, 2.05) is 22.7 Å². The fourth-order valence-electron chi connectivity index (χ4n) is 4.46. The van der Waals surface area contributed by atoms with E-state index in [2.05, 4.69) is 27.8 Å². The van der Waals surface area contributed by atoms with Gasteiger partial charge in [-0.05, 0) is 62.1 Å². The average molecular weight is 429 g/mol. The second kappa shape index (κ2) is 7.89. The van der Waals surface area contributed by atoms with Gasteiger partial charge in [0, 0.05) is 29.4 Å². The standard InChI is InChI=1S/C25H25FN6/c26-17-5-3-4-16(14-17)22-15-23-20(10-11-24(32(23)31-22)28-19-8-9-19)21-12-13-27-25(30-21)29-18-6-1-2-7-18/h3-5,10-15,18-19,28H,1-2,6-9H2,(H,27,29,30). The average Bonchev–Trinajstić information content (AvgIpc) is 3.27. The molecule has 0 unspecified atom stereocenters. The molecule has 0 saturated heterocycles. The second-order valence-corrected chi connectivity index (χ2v) is 8.78. The first-order valence-electron chi connectivity index (χ1n) is 11.4. The summed E-state index contributed by atoms with van der Waals surface area (Å²) >= 11 is 0. The van der Waals surface area contributed by atoms with Crippen LogP contribution in [0.3, 0.4) is 0 Å². The summed E-state index contributed by atoms with van der Waals surface area (Å²) in [4.78, 5) is 9.25. The zero-order chi connectivity index (χ0) is 21.5. The number of anilines is 2. The van der Waals surface area contributed by atoms with Crippen LogP contribution in [0.1, 0.15) is 38.5 Å². The molecule has 0 radical (unpaired) electrons. The van der Waals surface area contributed by atoms with Gasteiger partial charge in [0.1, 0.15) is 11.6 Å². The molecule has 6 nitrogen and oxygen atoms in total. The molecule has 7 heteroatoms. The Kier molecular flexibility index (Phi) is 4.74. The lowest BCUT2D eigenvalue weighted by Crippen LogP contribution is -2.16. The second-order valence-electron chi connectivity index (χ2n) is 8.78. The first kappa shape index (κ1) is 19.2. The van der Waals surface area contributed by atoms with E-state index in [-0.39, 0.29) is 5.82 Å². The van der Waals surface area contributed by atoms with Gasteiger partial charge in [0.25, 0.3) is 0 Å². The van der Waals surface area contributed by atoms with E-state index >= 15 is 0 Å². The molecule has 6 rings (SSSR count). The number of benzene rings is 1. The lowest BCUT2D eigenvalue weighted by atomic mass is 10.1. The van der Waals surface area contributed by atoms with Gasteiger partial charge in [0.05, 0.1) is 16.9 Å². The van der Waals surface area contributed by atoms with Gasteiger partial charge in [-0.15, -0.1) is 0 Å². The van der Waals surface area contributed by atoms with Crippen molar-refractivity contribution in [1.82, 2.24) is 19.6 Å². The Labute approximate surface area is 185 Å². The minimum absolute atomic E-state index is 0.269. The van der Waals surface area contributed by atoms with Crippen LogP contribution in [0.25, 0.3) is 28.0 Å². The Hall–Kier alpha value is -3.48. The summed E-state index contributed by atoms with van der Waals surface area (Å²) in [6.45, 7) is 0. The summed E-state index contributed by atoms with van der Waals surface area (Å²) in [6.07, 6.45) is 8.99. The highest BCUT2D eigenvalue weighted by molar-refractivity contribution is 5.83. The van der Waals surface area contributed by atoms with Crippen LogP contribution in [0.15, 0.2) is 54.7 Å². The molecule has 2 N–H and O–H groups in total. The van der Waals surface area contributed by atoms with Gasteiger partial charge in [-0.2, -0.15) is 5.10 Å². The largest absolute Gasteiger partial charge is 0.367 e. The lowest BCUT2D eigenvalue weighted by Gasteiger charge is -2.13. The molecular formula is C25H25FN6. The Balaban J connectivity index is 1.43. The molecule has 4 aromatic rings. The molecule has 2 saturated carbocycles. The van der Waals surface area contributed by atoms with Crippen molar-refractivity contribution in [2.45, 2.75) is 50.6 Å². The molecule has 0 atom stereocenters. The monoisotopic (exact) mass is 428 g/mol. The van der Waals surface area contributed by atoms with Crippen molar-refractivity contribution in [2.24, 2.45) is 0 Å². The number of nitrogens with zero attached hydrogens (tertiary/aromatic N) is 4. The Morgan fingerprint density at radius 2 is 1.72 bits per heavy atom. The van der Waals surface area contributed by atoms with E-state index in [1.165, 1.54) is 50.7 Å². The number of rotatable bonds is 6. The highest BCUT2D eigenvalue weighted by atomic mass is 19.1. The van der Waals surface area contributed by atoms with Crippen LogP contribution >= 0.6 is 0 Å². The van der Waals surface area contributed by atoms with Crippen LogP contribution in [-0.2, 0) is 0 Å². The molecule has 0 bridgehead atoms. The number of hydrogen-bond acceptors (Lipinski definition) is 5. The Bertz CT molecular complexity index is 1270. The zero-order valence-electron chi connectivity index (χ0n) is 17.8. The van der Waals surface area contributed by atoms with Crippen molar-refractivity contribution < 1.29 is 4.39 Å². The van der Waals surface area contributed by atoms with Crippen LogP contribution in [-0.4, -0.2) is 31.7 Å². The van der Waals surface area contributed by atoms with E-state index in [4.69, 9.17) is 10.1 Å². The van der Waals surface area contributed by atoms with Crippen molar-refractivity contribution >= 4 is 17.3 Å². The number of aromatic nitrogens is 4. The maximum absolute atomic E-state index is 13.9. The molecule has 162 valence electrons. The van der Waals surface area contributed by atoms with Gasteiger partial charge >= 0.3 is 0 Å². The Morgan fingerprint density at radius 1 is 0.875 bits per heavy atom. The maximum atomic E-state index is 13.9. The predicted octanol–water partition coefficient (Wildman–Crippen LogP) is 5.53. The van der Waals surface area contributed by atoms with Crippen molar-refractivity contribution in [3.63, 3.8) is 0 Å². The van der Waals surface area contributed by atoms with Gasteiger partial charge < -0.3 is 10.6 Å². The molecule has 1 aromatic carbocycles. The van der Waals surface area contributed by atoms with Crippen LogP contribution in [0, 0.1) is 5.82 Å². The minimum atomic E-state index is -0.269. The third-order valence-electron chi connectivity index (χ3n) is 6.29. The normalized spacial score (nSPS) is 16.5. The van der Waals surface area contributed by atoms with E-state index in [0.29, 0.717) is 18.0 Å². The molecule has 32 heavy (non-hydrogen) atoms. The van der Waals surface area contributed by atoms with Crippen LogP contribution < -0.4 is 10.6 Å². The fraction of sp³-hybridized carbons (Fsp3) is 0.320. The minimum Gasteiger partial charge on any atom is -0.367 e. The quantitative estimate of drug-likeness (QED) is 0.423. The van der Waals surface area contributed by atoms with Gasteiger partial charge in [0.15, 0.2) is 0 Å². The van der Waals surface area contributed by atoms with E-state index in [1.54, 1.807) is 12.3 Å². The Morgan fingerprint density at radius 3 is 2.53 bits per heavy atom. The van der Waals surface area contributed by atoms with Crippen molar-refractivity contribution in [3.8, 4) is 22.5 Å². The number of fused-ring (bicyclic) bond motifs is 1. The first-order chi connectivity index (χ1) is 15.7. The van der Waals surface area contributed by atoms with Crippen molar-refractivity contribution in [1.29, 1.82) is 0 Å². The van der Waals surface area contributed by atoms with Gasteiger partial charge in [-0.1, -0.05) is 25.0 Å². The third kappa shape index (κ3) is 3.79. The van der Waals surface area contributed by atoms with E-state index in [0.717, 1.165) is 33.8 Å². The van der Waals surface area contributed by atoms with Gasteiger partial charge in [-0.25, -0.2) is 18.9 Å². The van der Waals surface area contributed by atoms with Crippen molar-refractivity contribution in [3.05, 3.63) is 60.5 Å². The molecule has 0 aliphatic heterocycles. The SMILES string of the molecule is Fc1cccc(-c2cc3c(-c4ccnc(NC5CCCC5)n4)ccc(NC4CC4)n3n2)c1. The summed E-state index contributed by atoms with van der Waals surface area (Å²) in [5.41, 5.74) is 4.23. The van der Waals surface area contributed by atoms with Gasteiger partial charge in [-0.3, -0.25) is 0 Å². The fourth-order valence-corrected chi connectivity index (χ4v) is 4.46. The molecular weight excluding hydrogens is 403 g/mol. The summed E-state index contributed by atoms with van der Waals surface area (Å²) in [6, 6.07) is 15.6. The third-order valence-corrected chi connectivity index (χ3v) is 6.29. The van der Waals surface area contributed by atoms with Crippen LogP contribution in [0.4, 0.5) is 16.2 Å². The van der Waals surface area contributed by atoms with Crippen LogP contribution in [0.2, 0.25) is 0 Å². The molecule has 2 aliphatic carbocycles. The van der Waals surface area contributed by atoms with Gasteiger partial charge in [0.2, 0.25) is 5.95 Å². The number of hydrogen-bond donors (Lipinski definition) is 2. The summed E-state index contributed by atoms with van der Waals surface area (Å²) < 4.78 is 15.8. The maximum Gasteiger partial charge on any atom is 0.223 e. The zero-order valence-corrected chi connectivity index (χ0v) is 17.8.